The number of benzene rings is 2. The third-order valence-corrected chi connectivity index (χ3v) is 6.22. The predicted octanol–water partition coefficient (Wildman–Crippen LogP) is 3.82. The van der Waals surface area contributed by atoms with Crippen LogP contribution in [0, 0.1) is 0 Å². The van der Waals surface area contributed by atoms with Crippen molar-refractivity contribution in [3.63, 3.8) is 0 Å². The van der Waals surface area contributed by atoms with Gasteiger partial charge in [0.2, 0.25) is 17.7 Å². The second-order valence-corrected chi connectivity index (χ2v) is 8.40. The highest BCUT2D eigenvalue weighted by Crippen LogP contribution is 2.37. The average molecular weight is 481 g/mol. The summed E-state index contributed by atoms with van der Waals surface area (Å²) in [4.78, 5) is 36.8. The summed E-state index contributed by atoms with van der Waals surface area (Å²) in [6.45, 7) is -1.13. The molecule has 3 amide bonds. The smallest absolute Gasteiger partial charge is 0.357 e. The summed E-state index contributed by atoms with van der Waals surface area (Å²) in [7, 11) is 0. The van der Waals surface area contributed by atoms with Gasteiger partial charge in [0.05, 0.1) is 17.5 Å². The molecular weight excluding hydrogens is 461 g/mol. The molecule has 4 rings (SSSR count). The summed E-state index contributed by atoms with van der Waals surface area (Å²) in [6, 6.07) is 12.3. The summed E-state index contributed by atoms with van der Waals surface area (Å²) in [5, 5.41) is 2.73. The van der Waals surface area contributed by atoms with Crippen LogP contribution in [0.2, 0.25) is 5.02 Å². The summed E-state index contributed by atoms with van der Waals surface area (Å²) in [5.41, 5.74) is 2.72. The number of hydrogen-bond donors (Lipinski definition) is 1. The van der Waals surface area contributed by atoms with Crippen LogP contribution >= 0.6 is 11.6 Å². The highest BCUT2D eigenvalue weighted by atomic mass is 35.5. The van der Waals surface area contributed by atoms with E-state index >= 15 is 0 Å². The molecule has 0 aliphatic carbocycles. The molecule has 6 nitrogen and oxygen atoms in total. The molecule has 0 aromatic heterocycles. The molecule has 2 heterocycles. The molecular formula is C23H20ClF3N2O4. The van der Waals surface area contributed by atoms with Gasteiger partial charge in [0.25, 0.3) is 0 Å². The Balaban J connectivity index is 1.51. The predicted molar refractivity (Wildman–Crippen MR) is 113 cm³/mol. The summed E-state index contributed by atoms with van der Waals surface area (Å²) in [5.74, 6) is -1.71. The number of hydrogen-bond acceptors (Lipinski definition) is 4. The number of piperidine rings is 1. The number of carbonyl (C=O) groups is 3. The number of rotatable bonds is 4. The monoisotopic (exact) mass is 480 g/mol. The normalized spacial score (nSPS) is 21.8. The van der Waals surface area contributed by atoms with E-state index in [1.54, 1.807) is 42.5 Å². The van der Waals surface area contributed by atoms with Crippen LogP contribution in [-0.2, 0) is 25.7 Å². The fraction of sp³-hybridized carbons (Fsp3) is 0.348. The zero-order valence-electron chi connectivity index (χ0n) is 17.3. The molecule has 2 aliphatic heterocycles. The van der Waals surface area contributed by atoms with Gasteiger partial charge >= 0.3 is 6.18 Å². The minimum Gasteiger partial charge on any atom is -0.357 e. The average Bonchev–Trinajstić information content (AvgIpc) is 2.76. The van der Waals surface area contributed by atoms with E-state index in [4.69, 9.17) is 11.6 Å². The Kier molecular flexibility index (Phi) is 6.45. The van der Waals surface area contributed by atoms with E-state index in [1.165, 1.54) is 0 Å². The van der Waals surface area contributed by atoms with E-state index in [2.05, 4.69) is 10.1 Å². The van der Waals surface area contributed by atoms with Crippen LogP contribution in [0.15, 0.2) is 42.5 Å². The maximum absolute atomic E-state index is 13.0. The molecule has 2 saturated heterocycles. The van der Waals surface area contributed by atoms with Crippen molar-refractivity contribution in [3.05, 3.63) is 58.6 Å². The van der Waals surface area contributed by atoms with Crippen molar-refractivity contribution in [2.45, 2.75) is 37.6 Å². The molecule has 0 radical (unpaired) electrons. The van der Waals surface area contributed by atoms with Crippen molar-refractivity contribution in [2.75, 3.05) is 13.2 Å². The zero-order valence-corrected chi connectivity index (χ0v) is 18.1. The molecule has 0 bridgehead atoms. The number of ether oxygens (including phenoxy) is 1. The molecule has 2 atom stereocenters. The third kappa shape index (κ3) is 5.04. The van der Waals surface area contributed by atoms with E-state index in [-0.39, 0.29) is 24.8 Å². The van der Waals surface area contributed by atoms with Crippen LogP contribution in [0.3, 0.4) is 0 Å². The Morgan fingerprint density at radius 3 is 2.48 bits per heavy atom. The lowest BCUT2D eigenvalue weighted by Gasteiger charge is -2.33. The Morgan fingerprint density at radius 1 is 1.09 bits per heavy atom. The van der Waals surface area contributed by atoms with Crippen molar-refractivity contribution in [1.82, 2.24) is 10.2 Å². The standard InChI is InChI=1S/C23H20ClF3N2O4/c24-21-15(2-1-3-16(21)17-8-9-19(30)28-22(17)32)14-6-4-13(5-7-14)10-29-11-18(23(25,26)27)33-12-20(29)31/h1-7,17-18H,8-12H2,(H,28,30,32). The molecule has 2 aromatic rings. The van der Waals surface area contributed by atoms with Gasteiger partial charge in [-0.2, -0.15) is 13.2 Å². The lowest BCUT2D eigenvalue weighted by molar-refractivity contribution is -0.235. The van der Waals surface area contributed by atoms with E-state index in [9.17, 15) is 27.6 Å². The Morgan fingerprint density at radius 2 is 1.82 bits per heavy atom. The van der Waals surface area contributed by atoms with E-state index in [1.807, 2.05) is 0 Å². The first-order valence-electron chi connectivity index (χ1n) is 10.3. The number of morpholine rings is 1. The highest BCUT2D eigenvalue weighted by molar-refractivity contribution is 6.34. The van der Waals surface area contributed by atoms with Crippen LogP contribution in [0.25, 0.3) is 11.1 Å². The first-order valence-corrected chi connectivity index (χ1v) is 10.7. The second kappa shape index (κ2) is 9.15. The number of carbonyl (C=O) groups excluding carboxylic acids is 3. The van der Waals surface area contributed by atoms with E-state index < -0.39 is 37.3 Å². The molecule has 2 unspecified atom stereocenters. The van der Waals surface area contributed by atoms with Gasteiger partial charge in [-0.3, -0.25) is 19.7 Å². The van der Waals surface area contributed by atoms with E-state index in [0.717, 1.165) is 10.5 Å². The Labute approximate surface area is 192 Å². The molecule has 0 spiro atoms. The fourth-order valence-electron chi connectivity index (χ4n) is 4.01. The van der Waals surface area contributed by atoms with Crippen LogP contribution in [0.4, 0.5) is 13.2 Å². The van der Waals surface area contributed by atoms with Crippen molar-refractivity contribution in [1.29, 1.82) is 0 Å². The summed E-state index contributed by atoms with van der Waals surface area (Å²) < 4.78 is 43.5. The summed E-state index contributed by atoms with van der Waals surface area (Å²) in [6.07, 6.45) is -5.92. The molecule has 2 aliphatic rings. The first kappa shape index (κ1) is 23.3. The van der Waals surface area contributed by atoms with Crippen LogP contribution in [-0.4, -0.2) is 48.1 Å². The Bertz CT molecular complexity index is 1090. The molecule has 1 N–H and O–H groups in total. The maximum Gasteiger partial charge on any atom is 0.416 e. The topological polar surface area (TPSA) is 75.7 Å². The molecule has 174 valence electrons. The second-order valence-electron chi connectivity index (χ2n) is 8.02. The number of amides is 3. The minimum absolute atomic E-state index is 0.0269. The van der Waals surface area contributed by atoms with Crippen LogP contribution in [0.5, 0.6) is 0 Å². The van der Waals surface area contributed by atoms with Gasteiger partial charge in [-0.05, 0) is 23.1 Å². The number of nitrogens with one attached hydrogen (secondary N) is 1. The SMILES string of the molecule is O=C1CCC(c2cccc(-c3ccc(CN4CC(C(F)(F)F)OCC4=O)cc3)c2Cl)C(=O)N1. The zero-order chi connectivity index (χ0) is 23.8. The van der Waals surface area contributed by atoms with Crippen molar-refractivity contribution >= 4 is 29.3 Å². The van der Waals surface area contributed by atoms with Crippen molar-refractivity contribution in [2.24, 2.45) is 0 Å². The number of alkyl halides is 3. The van der Waals surface area contributed by atoms with E-state index in [0.29, 0.717) is 28.1 Å². The minimum atomic E-state index is -4.53. The van der Waals surface area contributed by atoms with Crippen LogP contribution < -0.4 is 5.32 Å². The highest BCUT2D eigenvalue weighted by Gasteiger charge is 2.45. The molecule has 2 aromatic carbocycles. The first-order chi connectivity index (χ1) is 15.6. The molecule has 2 fully saturated rings. The van der Waals surface area contributed by atoms with Gasteiger partial charge in [0.1, 0.15) is 6.61 Å². The molecule has 10 heteroatoms. The van der Waals surface area contributed by atoms with Gasteiger partial charge in [-0.1, -0.05) is 54.1 Å². The largest absolute Gasteiger partial charge is 0.416 e. The maximum atomic E-state index is 13.0. The van der Waals surface area contributed by atoms with Gasteiger partial charge in [0, 0.05) is 18.5 Å². The summed E-state index contributed by atoms with van der Waals surface area (Å²) >= 11 is 6.61. The number of nitrogens with zero attached hydrogens (tertiary/aromatic N) is 1. The third-order valence-electron chi connectivity index (χ3n) is 5.79. The lowest BCUT2D eigenvalue weighted by atomic mass is 9.88. The quantitative estimate of drug-likeness (QED) is 0.675. The fourth-order valence-corrected chi connectivity index (χ4v) is 4.38. The van der Waals surface area contributed by atoms with Crippen LogP contribution in [0.1, 0.15) is 29.9 Å². The molecule has 0 saturated carbocycles. The van der Waals surface area contributed by atoms with Crippen molar-refractivity contribution in [3.8, 4) is 11.1 Å². The van der Waals surface area contributed by atoms with Gasteiger partial charge in [-0.25, -0.2) is 0 Å². The van der Waals surface area contributed by atoms with Gasteiger partial charge < -0.3 is 9.64 Å². The number of halogens is 4. The van der Waals surface area contributed by atoms with Gasteiger partial charge in [-0.15, -0.1) is 0 Å². The van der Waals surface area contributed by atoms with Gasteiger partial charge in [0.15, 0.2) is 6.10 Å². The van der Waals surface area contributed by atoms with Crippen molar-refractivity contribution < 1.29 is 32.3 Å². The number of imide groups is 1. The molecule has 33 heavy (non-hydrogen) atoms. The lowest BCUT2D eigenvalue weighted by Crippen LogP contribution is -2.51. The Hall–Kier alpha value is -2.91.